The van der Waals surface area contributed by atoms with Crippen LogP contribution in [0.15, 0.2) is 58.3 Å². The fourth-order valence-corrected chi connectivity index (χ4v) is 6.00. The van der Waals surface area contributed by atoms with Crippen molar-refractivity contribution in [2.75, 3.05) is 0 Å². The highest BCUT2D eigenvalue weighted by atomic mass is 32.3. The summed E-state index contributed by atoms with van der Waals surface area (Å²) in [5, 5.41) is 0. The second-order valence-electron chi connectivity index (χ2n) is 5.20. The van der Waals surface area contributed by atoms with Crippen molar-refractivity contribution >= 4 is 32.2 Å². The lowest BCUT2D eigenvalue weighted by Crippen LogP contribution is -2.26. The maximum Gasteiger partial charge on any atom is 0.251 e. The Morgan fingerprint density at radius 3 is 1.44 bits per heavy atom. The van der Waals surface area contributed by atoms with Crippen molar-refractivity contribution in [2.45, 2.75) is 36.5 Å². The minimum atomic E-state index is -3.84. The van der Waals surface area contributed by atoms with Gasteiger partial charge in [0.1, 0.15) is 0 Å². The first-order valence-corrected chi connectivity index (χ1v) is 11.5. The van der Waals surface area contributed by atoms with Gasteiger partial charge >= 0.3 is 0 Å². The van der Waals surface area contributed by atoms with Crippen molar-refractivity contribution in [1.29, 1.82) is 0 Å². The highest BCUT2D eigenvalue weighted by Crippen LogP contribution is 2.19. The van der Waals surface area contributed by atoms with Crippen LogP contribution in [0.25, 0.3) is 0 Å². The Labute approximate surface area is 153 Å². The molecule has 2 N–H and O–H groups in total. The molecule has 136 valence electrons. The number of sulfonamides is 2. The first-order valence-electron chi connectivity index (χ1n) is 7.67. The molecule has 0 atom stereocenters. The molecule has 2 aromatic rings. The Balaban J connectivity index is 2.14. The molecule has 2 rings (SSSR count). The van der Waals surface area contributed by atoms with E-state index >= 15 is 0 Å². The number of hydrogen-bond donors (Lipinski definition) is 2. The van der Waals surface area contributed by atoms with Gasteiger partial charge in [0.25, 0.3) is 20.0 Å². The zero-order valence-corrected chi connectivity index (χ0v) is 16.3. The van der Waals surface area contributed by atoms with Gasteiger partial charge in [0, 0.05) is 12.1 Å². The van der Waals surface area contributed by atoms with Crippen LogP contribution in [0.3, 0.4) is 0 Å². The molecule has 0 fully saturated rings. The van der Waals surface area contributed by atoms with Crippen LogP contribution in [-0.2, 0) is 32.9 Å². The molecule has 0 spiro atoms. The third-order valence-electron chi connectivity index (χ3n) is 3.59. The van der Waals surface area contributed by atoms with Gasteiger partial charge in [-0.05, 0) is 36.1 Å². The molecule has 0 aliphatic heterocycles. The van der Waals surface area contributed by atoms with Crippen LogP contribution in [0.5, 0.6) is 0 Å². The number of benzene rings is 2. The van der Waals surface area contributed by atoms with Crippen molar-refractivity contribution in [2.24, 2.45) is 0 Å². The SMILES string of the molecule is CCc1ccccc1S(=O)(=O)NSNS(=O)(=O)c1ccccc1CC. The summed E-state index contributed by atoms with van der Waals surface area (Å²) in [7, 11) is -7.67. The van der Waals surface area contributed by atoms with Gasteiger partial charge in [-0.1, -0.05) is 50.2 Å². The summed E-state index contributed by atoms with van der Waals surface area (Å²) in [5.41, 5.74) is 1.32. The monoisotopic (exact) mass is 400 g/mol. The Morgan fingerprint density at radius 2 is 1.08 bits per heavy atom. The first kappa shape index (κ1) is 19.9. The number of aryl methyl sites for hydroxylation is 2. The fraction of sp³-hybridized carbons (Fsp3) is 0.250. The average molecular weight is 401 g/mol. The average Bonchev–Trinajstić information content (AvgIpc) is 2.61. The fourth-order valence-electron chi connectivity index (χ4n) is 2.33. The van der Waals surface area contributed by atoms with E-state index < -0.39 is 20.0 Å². The largest absolute Gasteiger partial charge is 0.251 e. The number of rotatable bonds is 8. The smallest absolute Gasteiger partial charge is 0.206 e. The minimum absolute atomic E-state index is 0.137. The van der Waals surface area contributed by atoms with E-state index in [1.54, 1.807) is 36.4 Å². The molecule has 0 radical (unpaired) electrons. The van der Waals surface area contributed by atoms with Crippen LogP contribution < -0.4 is 8.25 Å². The van der Waals surface area contributed by atoms with Crippen LogP contribution >= 0.6 is 12.1 Å². The van der Waals surface area contributed by atoms with Gasteiger partial charge in [-0.25, -0.2) is 16.8 Å². The van der Waals surface area contributed by atoms with Crippen LogP contribution in [0.1, 0.15) is 25.0 Å². The molecule has 0 aliphatic rings. The Hall–Kier alpha value is -1.39. The first-order chi connectivity index (χ1) is 11.8. The summed E-state index contributed by atoms with van der Waals surface area (Å²) in [5.74, 6) is 0. The molecule has 0 amide bonds. The van der Waals surface area contributed by atoms with Gasteiger partial charge in [-0.2, -0.15) is 0 Å². The van der Waals surface area contributed by atoms with Crippen LogP contribution in [0, 0.1) is 0 Å². The lowest BCUT2D eigenvalue weighted by molar-refractivity contribution is 0.593. The van der Waals surface area contributed by atoms with Crippen molar-refractivity contribution in [3.63, 3.8) is 0 Å². The maximum atomic E-state index is 12.4. The molecule has 25 heavy (non-hydrogen) atoms. The summed E-state index contributed by atoms with van der Waals surface area (Å²) in [6, 6.07) is 13.2. The lowest BCUT2D eigenvalue weighted by Gasteiger charge is -2.12. The molecule has 9 heteroatoms. The number of nitrogens with one attached hydrogen (secondary N) is 2. The van der Waals surface area contributed by atoms with E-state index in [1.807, 2.05) is 13.8 Å². The van der Waals surface area contributed by atoms with Crippen LogP contribution in [0.2, 0.25) is 0 Å². The zero-order chi connectivity index (χ0) is 18.5. The quantitative estimate of drug-likeness (QED) is 0.665. The lowest BCUT2D eigenvalue weighted by atomic mass is 10.2. The van der Waals surface area contributed by atoms with E-state index in [4.69, 9.17) is 0 Å². The van der Waals surface area contributed by atoms with Gasteiger partial charge in [0.15, 0.2) is 0 Å². The summed E-state index contributed by atoms with van der Waals surface area (Å²) in [6.45, 7) is 3.71. The summed E-state index contributed by atoms with van der Waals surface area (Å²) in [6.07, 6.45) is 1.11. The van der Waals surface area contributed by atoms with E-state index in [-0.39, 0.29) is 9.79 Å². The van der Waals surface area contributed by atoms with Gasteiger partial charge in [-0.3, -0.25) is 0 Å². The van der Waals surface area contributed by atoms with Crippen molar-refractivity contribution in [3.8, 4) is 0 Å². The maximum absolute atomic E-state index is 12.4. The molecule has 0 bridgehead atoms. The van der Waals surface area contributed by atoms with Crippen molar-refractivity contribution < 1.29 is 16.8 Å². The van der Waals surface area contributed by atoms with Gasteiger partial charge in [0.05, 0.1) is 9.79 Å². The normalized spacial score (nSPS) is 12.2. The van der Waals surface area contributed by atoms with Gasteiger partial charge in [-0.15, -0.1) is 8.25 Å². The van der Waals surface area contributed by atoms with E-state index in [0.717, 1.165) is 0 Å². The van der Waals surface area contributed by atoms with Crippen LogP contribution in [0.4, 0.5) is 0 Å². The molecule has 0 unspecified atom stereocenters. The van der Waals surface area contributed by atoms with E-state index in [1.165, 1.54) is 12.1 Å². The summed E-state index contributed by atoms with van der Waals surface area (Å²) in [4.78, 5) is 0.274. The predicted octanol–water partition coefficient (Wildman–Crippen LogP) is 2.63. The number of hydrogen-bond acceptors (Lipinski definition) is 5. The minimum Gasteiger partial charge on any atom is -0.206 e. The Bertz CT molecular complexity index is 864. The van der Waals surface area contributed by atoms with Crippen molar-refractivity contribution in [1.82, 2.24) is 8.25 Å². The molecule has 0 saturated carbocycles. The Morgan fingerprint density at radius 1 is 0.720 bits per heavy atom. The molecule has 6 nitrogen and oxygen atoms in total. The van der Waals surface area contributed by atoms with E-state index in [2.05, 4.69) is 8.25 Å². The van der Waals surface area contributed by atoms with E-state index in [0.29, 0.717) is 36.1 Å². The zero-order valence-electron chi connectivity index (χ0n) is 13.9. The predicted molar refractivity (Wildman–Crippen MR) is 99.9 cm³/mol. The second-order valence-corrected chi connectivity index (χ2v) is 9.63. The third-order valence-corrected chi connectivity index (χ3v) is 7.97. The van der Waals surface area contributed by atoms with Crippen LogP contribution in [-0.4, -0.2) is 16.8 Å². The highest BCUT2D eigenvalue weighted by Gasteiger charge is 2.21. The van der Waals surface area contributed by atoms with Gasteiger partial charge < -0.3 is 0 Å². The molecular weight excluding hydrogens is 380 g/mol. The molecule has 2 aromatic carbocycles. The second kappa shape index (κ2) is 8.33. The molecular formula is C16H20N2O4S3. The summed E-state index contributed by atoms with van der Waals surface area (Å²) >= 11 is 0.419. The standard InChI is InChI=1S/C16H20N2O4S3/c1-3-13-9-5-7-11-15(13)24(19,20)17-23-18-25(21,22)16-12-8-6-10-14(16)4-2/h5-12,17-18H,3-4H2,1-2H3. The molecule has 0 saturated heterocycles. The topological polar surface area (TPSA) is 92.3 Å². The summed E-state index contributed by atoms with van der Waals surface area (Å²) < 4.78 is 54.0. The molecule has 0 aliphatic carbocycles. The van der Waals surface area contributed by atoms with Gasteiger partial charge in [0.2, 0.25) is 0 Å². The van der Waals surface area contributed by atoms with E-state index in [9.17, 15) is 16.8 Å². The third kappa shape index (κ3) is 4.83. The highest BCUT2D eigenvalue weighted by molar-refractivity contribution is 8.14. The molecule has 0 aromatic heterocycles. The van der Waals surface area contributed by atoms with Crippen molar-refractivity contribution in [3.05, 3.63) is 59.7 Å². The Kier molecular flexibility index (Phi) is 6.64. The molecule has 0 heterocycles.